The summed E-state index contributed by atoms with van der Waals surface area (Å²) in [7, 11) is 1.60. The van der Waals surface area contributed by atoms with E-state index < -0.39 is 0 Å². The molecular weight excluding hydrogens is 228 g/mol. The van der Waals surface area contributed by atoms with E-state index in [1.807, 2.05) is 0 Å². The van der Waals surface area contributed by atoms with Crippen molar-refractivity contribution in [2.24, 2.45) is 11.7 Å². The molecule has 0 radical (unpaired) electrons. The summed E-state index contributed by atoms with van der Waals surface area (Å²) in [5.41, 5.74) is 5.87. The van der Waals surface area contributed by atoms with Crippen LogP contribution in [0.5, 0.6) is 5.88 Å². The molecule has 100 valence electrons. The molecule has 5 heteroatoms. The van der Waals surface area contributed by atoms with E-state index in [-0.39, 0.29) is 6.04 Å². The fraction of sp³-hybridized carbons (Fsp3) is 0.692. The first-order valence-corrected chi connectivity index (χ1v) is 6.67. The van der Waals surface area contributed by atoms with Crippen LogP contribution < -0.4 is 15.8 Å². The number of rotatable bonds is 5. The van der Waals surface area contributed by atoms with Gasteiger partial charge >= 0.3 is 0 Å². The van der Waals surface area contributed by atoms with Crippen LogP contribution in [0, 0.1) is 5.92 Å². The molecule has 0 amide bonds. The average Bonchev–Trinajstić information content (AvgIpc) is 2.46. The maximum Gasteiger partial charge on any atom is 0.226 e. The molecule has 0 aliphatic heterocycles. The van der Waals surface area contributed by atoms with Crippen molar-refractivity contribution in [1.29, 1.82) is 0 Å². The van der Waals surface area contributed by atoms with Crippen molar-refractivity contribution in [2.45, 2.75) is 38.1 Å². The van der Waals surface area contributed by atoms with Crippen molar-refractivity contribution in [2.75, 3.05) is 19.0 Å². The van der Waals surface area contributed by atoms with Gasteiger partial charge in [0.25, 0.3) is 0 Å². The van der Waals surface area contributed by atoms with Gasteiger partial charge in [0.05, 0.1) is 7.11 Å². The fourth-order valence-corrected chi connectivity index (χ4v) is 2.60. The number of hydrogen-bond acceptors (Lipinski definition) is 5. The zero-order chi connectivity index (χ0) is 12.8. The lowest BCUT2D eigenvalue weighted by molar-refractivity contribution is 0.319. The molecule has 5 nitrogen and oxygen atoms in total. The number of nitrogens with zero attached hydrogens (tertiary/aromatic N) is 2. The molecule has 0 spiro atoms. The van der Waals surface area contributed by atoms with Gasteiger partial charge in [0, 0.05) is 24.8 Å². The predicted octanol–water partition coefficient (Wildman–Crippen LogP) is 1.80. The lowest BCUT2D eigenvalue weighted by atomic mass is 9.84. The molecule has 1 aromatic heterocycles. The maximum atomic E-state index is 5.87. The van der Waals surface area contributed by atoms with Gasteiger partial charge in [0.1, 0.15) is 0 Å². The van der Waals surface area contributed by atoms with Gasteiger partial charge in [-0.15, -0.1) is 0 Å². The molecule has 1 saturated carbocycles. The summed E-state index contributed by atoms with van der Waals surface area (Å²) in [6.07, 6.45) is 8.16. The minimum atomic E-state index is 0.261. The second-order valence-electron chi connectivity index (χ2n) is 4.81. The highest BCUT2D eigenvalue weighted by Crippen LogP contribution is 2.27. The molecule has 0 bridgehead atoms. The van der Waals surface area contributed by atoms with Crippen LogP contribution >= 0.6 is 0 Å². The molecule has 18 heavy (non-hydrogen) atoms. The van der Waals surface area contributed by atoms with Gasteiger partial charge in [-0.25, -0.2) is 4.98 Å². The Morgan fingerprint density at radius 1 is 1.44 bits per heavy atom. The molecular formula is C13H22N4O. The van der Waals surface area contributed by atoms with Crippen LogP contribution in [0.1, 0.15) is 32.1 Å². The summed E-state index contributed by atoms with van der Waals surface area (Å²) in [6, 6.07) is 2.00. The second-order valence-corrected chi connectivity index (χ2v) is 4.81. The van der Waals surface area contributed by atoms with Crippen molar-refractivity contribution in [3.05, 3.63) is 12.3 Å². The molecule has 1 heterocycles. The molecule has 1 aromatic rings. The van der Waals surface area contributed by atoms with E-state index in [1.165, 1.54) is 32.1 Å². The van der Waals surface area contributed by atoms with Crippen LogP contribution in [-0.4, -0.2) is 29.7 Å². The first-order chi connectivity index (χ1) is 8.83. The Balaban J connectivity index is 1.99. The topological polar surface area (TPSA) is 73.1 Å². The fourth-order valence-electron chi connectivity index (χ4n) is 2.60. The third-order valence-electron chi connectivity index (χ3n) is 3.63. The van der Waals surface area contributed by atoms with Crippen molar-refractivity contribution in [1.82, 2.24) is 9.97 Å². The monoisotopic (exact) mass is 250 g/mol. The molecule has 3 N–H and O–H groups in total. The molecule has 1 atom stereocenters. The number of nitrogens with one attached hydrogen (secondary N) is 1. The summed E-state index contributed by atoms with van der Waals surface area (Å²) in [5.74, 6) is 1.82. The van der Waals surface area contributed by atoms with E-state index in [0.29, 0.717) is 24.3 Å². The third kappa shape index (κ3) is 3.32. The minimum Gasteiger partial charge on any atom is -0.481 e. The highest BCUT2D eigenvalue weighted by atomic mass is 16.5. The summed E-state index contributed by atoms with van der Waals surface area (Å²) in [5, 5.41) is 3.35. The Hall–Kier alpha value is -1.36. The molecule has 1 aliphatic rings. The van der Waals surface area contributed by atoms with Crippen molar-refractivity contribution >= 4 is 5.95 Å². The molecule has 1 fully saturated rings. The zero-order valence-corrected chi connectivity index (χ0v) is 10.9. The lowest BCUT2D eigenvalue weighted by Gasteiger charge is -2.30. The van der Waals surface area contributed by atoms with E-state index in [0.717, 1.165) is 0 Å². The number of hydrogen-bond donors (Lipinski definition) is 2. The van der Waals surface area contributed by atoms with Gasteiger partial charge in [-0.2, -0.15) is 4.98 Å². The van der Waals surface area contributed by atoms with Gasteiger partial charge < -0.3 is 15.8 Å². The van der Waals surface area contributed by atoms with Gasteiger partial charge in [-0.3, -0.25) is 0 Å². The van der Waals surface area contributed by atoms with Gasteiger partial charge in [-0.1, -0.05) is 19.3 Å². The highest BCUT2D eigenvalue weighted by molar-refractivity contribution is 5.29. The third-order valence-corrected chi connectivity index (χ3v) is 3.63. The van der Waals surface area contributed by atoms with E-state index in [9.17, 15) is 0 Å². The van der Waals surface area contributed by atoms with Gasteiger partial charge in [0.15, 0.2) is 0 Å². The first kappa shape index (κ1) is 13.1. The van der Waals surface area contributed by atoms with Crippen LogP contribution in [0.4, 0.5) is 5.95 Å². The number of anilines is 1. The predicted molar refractivity (Wildman–Crippen MR) is 71.6 cm³/mol. The van der Waals surface area contributed by atoms with Crippen LogP contribution in [0.3, 0.4) is 0 Å². The lowest BCUT2D eigenvalue weighted by Crippen LogP contribution is -2.37. The Kier molecular flexibility index (Phi) is 4.75. The largest absolute Gasteiger partial charge is 0.481 e. The Morgan fingerprint density at radius 2 is 2.22 bits per heavy atom. The molecule has 0 saturated heterocycles. The second kappa shape index (κ2) is 6.54. The molecule has 0 aromatic carbocycles. The average molecular weight is 250 g/mol. The Morgan fingerprint density at radius 3 is 2.89 bits per heavy atom. The van der Waals surface area contributed by atoms with E-state index in [1.54, 1.807) is 19.4 Å². The first-order valence-electron chi connectivity index (χ1n) is 6.67. The molecule has 1 aliphatic carbocycles. The van der Waals surface area contributed by atoms with Crippen LogP contribution in [-0.2, 0) is 0 Å². The highest BCUT2D eigenvalue weighted by Gasteiger charge is 2.23. The standard InChI is InChI=1S/C13H22N4O/c1-18-12-7-8-15-13(17-12)16-11(9-14)10-5-3-2-4-6-10/h7-8,10-11H,2-6,9,14H2,1H3,(H,15,16,17). The van der Waals surface area contributed by atoms with Crippen molar-refractivity contribution < 1.29 is 4.74 Å². The smallest absolute Gasteiger partial charge is 0.226 e. The summed E-state index contributed by atoms with van der Waals surface area (Å²) in [6.45, 7) is 0.616. The van der Waals surface area contributed by atoms with Crippen molar-refractivity contribution in [3.8, 4) is 5.88 Å². The zero-order valence-electron chi connectivity index (χ0n) is 10.9. The molecule has 2 rings (SSSR count). The number of methoxy groups -OCH3 is 1. The Labute approximate surface area is 108 Å². The number of aromatic nitrogens is 2. The van der Waals surface area contributed by atoms with E-state index in [4.69, 9.17) is 10.5 Å². The molecule has 1 unspecified atom stereocenters. The SMILES string of the molecule is COc1ccnc(NC(CN)C2CCCCC2)n1. The van der Waals surface area contributed by atoms with E-state index in [2.05, 4.69) is 15.3 Å². The van der Waals surface area contributed by atoms with Crippen LogP contribution in [0.25, 0.3) is 0 Å². The quantitative estimate of drug-likeness (QED) is 0.833. The maximum absolute atomic E-state index is 5.87. The van der Waals surface area contributed by atoms with Crippen LogP contribution in [0.2, 0.25) is 0 Å². The normalized spacial score (nSPS) is 18.3. The van der Waals surface area contributed by atoms with E-state index >= 15 is 0 Å². The van der Waals surface area contributed by atoms with Gasteiger partial charge in [-0.05, 0) is 18.8 Å². The Bertz CT molecular complexity index is 366. The number of ether oxygens (including phenoxy) is 1. The summed E-state index contributed by atoms with van der Waals surface area (Å²) >= 11 is 0. The van der Waals surface area contributed by atoms with Crippen LogP contribution in [0.15, 0.2) is 12.3 Å². The summed E-state index contributed by atoms with van der Waals surface area (Å²) < 4.78 is 5.09. The summed E-state index contributed by atoms with van der Waals surface area (Å²) in [4.78, 5) is 8.49. The van der Waals surface area contributed by atoms with Crippen molar-refractivity contribution in [3.63, 3.8) is 0 Å². The van der Waals surface area contributed by atoms with Gasteiger partial charge in [0.2, 0.25) is 11.8 Å². The number of nitrogens with two attached hydrogens (primary N) is 1. The minimum absolute atomic E-state index is 0.261.